The zero-order valence-corrected chi connectivity index (χ0v) is 15.9. The number of likely N-dealkylation sites (tertiary alicyclic amines) is 1. The molecule has 5 nitrogen and oxygen atoms in total. The van der Waals surface area contributed by atoms with E-state index in [2.05, 4.69) is 27.7 Å². The lowest BCUT2D eigenvalue weighted by Crippen LogP contribution is -2.46. The monoisotopic (exact) mass is 347 g/mol. The first-order chi connectivity index (χ1) is 11.9. The summed E-state index contributed by atoms with van der Waals surface area (Å²) in [5.74, 6) is 0.890. The molecule has 140 valence electrons. The fraction of sp³-hybridized carbons (Fsp3) is 0.650. The van der Waals surface area contributed by atoms with Gasteiger partial charge in [0.05, 0.1) is 6.61 Å². The summed E-state index contributed by atoms with van der Waals surface area (Å²) < 4.78 is 5.75. The molecule has 1 fully saturated rings. The maximum Gasteiger partial charge on any atom is 0.315 e. The lowest BCUT2D eigenvalue weighted by atomic mass is 10.1. The van der Waals surface area contributed by atoms with E-state index in [1.165, 1.54) is 37.9 Å². The van der Waals surface area contributed by atoms with Crippen LogP contribution in [0.4, 0.5) is 4.79 Å². The maximum absolute atomic E-state index is 11.6. The summed E-state index contributed by atoms with van der Waals surface area (Å²) in [6, 6.07) is 8.25. The van der Waals surface area contributed by atoms with Gasteiger partial charge >= 0.3 is 6.03 Å². The third kappa shape index (κ3) is 8.25. The molecule has 0 aliphatic carbocycles. The van der Waals surface area contributed by atoms with E-state index >= 15 is 0 Å². The quantitative estimate of drug-likeness (QED) is 0.742. The van der Waals surface area contributed by atoms with Crippen LogP contribution in [0.15, 0.2) is 24.3 Å². The normalized spacial score (nSPS) is 15.6. The van der Waals surface area contributed by atoms with Crippen molar-refractivity contribution in [3.05, 3.63) is 29.8 Å². The number of carbonyl (C=O) groups excluding carboxylic acids is 1. The van der Waals surface area contributed by atoms with Crippen LogP contribution in [0.3, 0.4) is 0 Å². The molecule has 1 aliphatic rings. The Morgan fingerprint density at radius 1 is 1.12 bits per heavy atom. The average molecular weight is 348 g/mol. The van der Waals surface area contributed by atoms with E-state index in [0.717, 1.165) is 18.7 Å². The van der Waals surface area contributed by atoms with Gasteiger partial charge in [0.2, 0.25) is 0 Å². The average Bonchev–Trinajstić information content (AvgIpc) is 2.55. The van der Waals surface area contributed by atoms with E-state index in [1.54, 1.807) is 0 Å². The summed E-state index contributed by atoms with van der Waals surface area (Å²) in [5, 5.41) is 5.72. The maximum atomic E-state index is 11.6. The number of hydrogen-bond acceptors (Lipinski definition) is 3. The molecular formula is C20H33N3O2. The number of piperidine rings is 1. The Kier molecular flexibility index (Phi) is 7.56. The van der Waals surface area contributed by atoms with Crippen molar-refractivity contribution >= 4 is 6.03 Å². The largest absolute Gasteiger partial charge is 0.494 e. The van der Waals surface area contributed by atoms with Crippen molar-refractivity contribution in [3.8, 4) is 5.75 Å². The number of hydrogen-bond donors (Lipinski definition) is 2. The molecule has 1 saturated heterocycles. The fourth-order valence-corrected chi connectivity index (χ4v) is 2.92. The number of urea groups is 1. The Morgan fingerprint density at radius 2 is 1.80 bits per heavy atom. The Labute approximate surface area is 152 Å². The van der Waals surface area contributed by atoms with Gasteiger partial charge in [-0.3, -0.25) is 4.90 Å². The smallest absolute Gasteiger partial charge is 0.315 e. The topological polar surface area (TPSA) is 53.6 Å². The lowest BCUT2D eigenvalue weighted by Gasteiger charge is -2.26. The van der Waals surface area contributed by atoms with Gasteiger partial charge in [-0.05, 0) is 70.8 Å². The van der Waals surface area contributed by atoms with Crippen molar-refractivity contribution in [3.63, 3.8) is 0 Å². The van der Waals surface area contributed by atoms with Gasteiger partial charge in [0.1, 0.15) is 5.75 Å². The van der Waals surface area contributed by atoms with E-state index in [9.17, 15) is 4.79 Å². The molecule has 0 radical (unpaired) electrons. The summed E-state index contributed by atoms with van der Waals surface area (Å²) in [6.45, 7) is 10.6. The number of nitrogens with one attached hydrogen (secondary N) is 2. The highest BCUT2D eigenvalue weighted by molar-refractivity contribution is 5.74. The van der Waals surface area contributed by atoms with E-state index < -0.39 is 0 Å². The SMILES string of the molecule is CC(C)(C)NC(=O)NCCCOc1ccc(CN2CCCCC2)cc1. The van der Waals surface area contributed by atoms with Crippen molar-refractivity contribution in [2.75, 3.05) is 26.2 Å². The minimum atomic E-state index is -0.212. The molecule has 1 aromatic carbocycles. The van der Waals surface area contributed by atoms with Gasteiger partial charge in [0, 0.05) is 18.6 Å². The van der Waals surface area contributed by atoms with Crippen LogP contribution in [0.2, 0.25) is 0 Å². The minimum absolute atomic E-state index is 0.130. The molecule has 0 atom stereocenters. The molecule has 2 amide bonds. The third-order valence-corrected chi connectivity index (χ3v) is 4.14. The number of rotatable bonds is 7. The predicted molar refractivity (Wildman–Crippen MR) is 102 cm³/mol. The van der Waals surface area contributed by atoms with Crippen LogP contribution < -0.4 is 15.4 Å². The van der Waals surface area contributed by atoms with Crippen molar-refractivity contribution in [2.24, 2.45) is 0 Å². The zero-order chi connectivity index (χ0) is 18.1. The van der Waals surface area contributed by atoms with Crippen LogP contribution in [0.1, 0.15) is 52.0 Å². The van der Waals surface area contributed by atoms with Gasteiger partial charge in [0.15, 0.2) is 0 Å². The van der Waals surface area contributed by atoms with Crippen molar-refractivity contribution in [1.29, 1.82) is 0 Å². The molecule has 25 heavy (non-hydrogen) atoms. The van der Waals surface area contributed by atoms with Crippen LogP contribution in [0, 0.1) is 0 Å². The first kappa shape index (κ1) is 19.6. The lowest BCUT2D eigenvalue weighted by molar-refractivity contribution is 0.221. The van der Waals surface area contributed by atoms with Crippen molar-refractivity contribution < 1.29 is 9.53 Å². The molecule has 0 saturated carbocycles. The van der Waals surface area contributed by atoms with Gasteiger partial charge in [-0.25, -0.2) is 4.79 Å². The number of carbonyl (C=O) groups is 1. The van der Waals surface area contributed by atoms with Crippen LogP contribution >= 0.6 is 0 Å². The Morgan fingerprint density at radius 3 is 2.44 bits per heavy atom. The molecule has 2 rings (SSSR count). The van der Waals surface area contributed by atoms with Gasteiger partial charge in [-0.15, -0.1) is 0 Å². The van der Waals surface area contributed by atoms with E-state index in [1.807, 2.05) is 32.9 Å². The van der Waals surface area contributed by atoms with E-state index in [4.69, 9.17) is 4.74 Å². The minimum Gasteiger partial charge on any atom is -0.494 e. The summed E-state index contributed by atoms with van der Waals surface area (Å²) in [7, 11) is 0. The second-order valence-electron chi connectivity index (χ2n) is 7.81. The van der Waals surface area contributed by atoms with E-state index in [-0.39, 0.29) is 11.6 Å². The summed E-state index contributed by atoms with van der Waals surface area (Å²) in [5.41, 5.74) is 1.13. The third-order valence-electron chi connectivity index (χ3n) is 4.14. The fourth-order valence-electron chi connectivity index (χ4n) is 2.92. The first-order valence-corrected chi connectivity index (χ1v) is 9.42. The zero-order valence-electron chi connectivity index (χ0n) is 15.9. The first-order valence-electron chi connectivity index (χ1n) is 9.42. The number of ether oxygens (including phenoxy) is 1. The second-order valence-corrected chi connectivity index (χ2v) is 7.81. The van der Waals surface area contributed by atoms with Crippen LogP contribution in [0.5, 0.6) is 5.75 Å². The van der Waals surface area contributed by atoms with Gasteiger partial charge in [0.25, 0.3) is 0 Å². The Balaban J connectivity index is 1.60. The molecule has 2 N–H and O–H groups in total. The highest BCUT2D eigenvalue weighted by Gasteiger charge is 2.12. The highest BCUT2D eigenvalue weighted by Crippen LogP contribution is 2.16. The molecule has 1 aromatic rings. The second kappa shape index (κ2) is 9.66. The van der Waals surface area contributed by atoms with Gasteiger partial charge in [-0.2, -0.15) is 0 Å². The van der Waals surface area contributed by atoms with Crippen LogP contribution in [0.25, 0.3) is 0 Å². The molecule has 0 unspecified atom stereocenters. The van der Waals surface area contributed by atoms with Gasteiger partial charge in [-0.1, -0.05) is 18.6 Å². The summed E-state index contributed by atoms with van der Waals surface area (Å²) >= 11 is 0. The molecule has 5 heteroatoms. The molecule has 0 bridgehead atoms. The van der Waals surface area contributed by atoms with Crippen LogP contribution in [-0.4, -0.2) is 42.7 Å². The summed E-state index contributed by atoms with van der Waals surface area (Å²) in [6.07, 6.45) is 4.80. The van der Waals surface area contributed by atoms with Gasteiger partial charge < -0.3 is 15.4 Å². The molecular weight excluding hydrogens is 314 g/mol. The number of amides is 2. The highest BCUT2D eigenvalue weighted by atomic mass is 16.5. The number of nitrogens with zero attached hydrogens (tertiary/aromatic N) is 1. The predicted octanol–water partition coefficient (Wildman–Crippen LogP) is 3.54. The molecule has 1 aliphatic heterocycles. The van der Waals surface area contributed by atoms with E-state index in [0.29, 0.717) is 13.2 Å². The standard InChI is InChI=1S/C20H33N3O2/c1-20(2,3)22-19(24)21-12-7-15-25-18-10-8-17(9-11-18)16-23-13-5-4-6-14-23/h8-11H,4-7,12-16H2,1-3H3,(H2,21,22,24). The summed E-state index contributed by atoms with van der Waals surface area (Å²) in [4.78, 5) is 14.1. The molecule has 0 aromatic heterocycles. The molecule has 1 heterocycles. The molecule has 0 spiro atoms. The van der Waals surface area contributed by atoms with Crippen molar-refractivity contribution in [2.45, 2.75) is 58.5 Å². The Hall–Kier alpha value is -1.75. The van der Waals surface area contributed by atoms with Crippen molar-refractivity contribution in [1.82, 2.24) is 15.5 Å². The van der Waals surface area contributed by atoms with Crippen LogP contribution in [-0.2, 0) is 6.54 Å². The Bertz CT molecular complexity index is 517. The number of benzene rings is 1.